The van der Waals surface area contributed by atoms with E-state index in [2.05, 4.69) is 19.1 Å². The summed E-state index contributed by atoms with van der Waals surface area (Å²) in [5, 5.41) is 0. The zero-order valence-corrected chi connectivity index (χ0v) is 17.3. The van der Waals surface area contributed by atoms with Gasteiger partial charge in [-0.15, -0.1) is 0 Å². The lowest BCUT2D eigenvalue weighted by Crippen LogP contribution is -2.46. The van der Waals surface area contributed by atoms with Crippen LogP contribution in [0, 0.1) is 0 Å². The quantitative estimate of drug-likeness (QED) is 0.581. The number of hydrogen-bond donors (Lipinski definition) is 0. The zero-order chi connectivity index (χ0) is 20.4. The minimum absolute atomic E-state index is 0.00658. The molecule has 2 aromatic rings. The van der Waals surface area contributed by atoms with Crippen LogP contribution in [0.2, 0.25) is 0 Å². The van der Waals surface area contributed by atoms with Gasteiger partial charge in [-0.25, -0.2) is 0 Å². The Morgan fingerprint density at radius 3 is 2.39 bits per heavy atom. The Kier molecular flexibility index (Phi) is 8.79. The van der Waals surface area contributed by atoms with E-state index in [9.17, 15) is 9.59 Å². The first-order valence-corrected chi connectivity index (χ1v) is 10.1. The van der Waals surface area contributed by atoms with Gasteiger partial charge in [-0.3, -0.25) is 9.59 Å². The van der Waals surface area contributed by atoms with E-state index >= 15 is 0 Å². The van der Waals surface area contributed by atoms with E-state index in [-0.39, 0.29) is 24.4 Å². The van der Waals surface area contributed by atoms with Crippen molar-refractivity contribution in [3.05, 3.63) is 60.1 Å². The third-order valence-electron chi connectivity index (χ3n) is 4.79. The van der Waals surface area contributed by atoms with Gasteiger partial charge in [0.2, 0.25) is 11.8 Å². The second-order valence-electron chi connectivity index (χ2n) is 7.35. The van der Waals surface area contributed by atoms with Gasteiger partial charge < -0.3 is 14.2 Å². The zero-order valence-electron chi connectivity index (χ0n) is 17.3. The molecular formula is C23H32N2O3. The van der Waals surface area contributed by atoms with Crippen LogP contribution in [-0.4, -0.2) is 40.7 Å². The van der Waals surface area contributed by atoms with Gasteiger partial charge in [0, 0.05) is 19.0 Å². The number of unbranched alkanes of at least 4 members (excludes halogenated alkanes) is 1. The van der Waals surface area contributed by atoms with Gasteiger partial charge in [0.15, 0.2) is 0 Å². The summed E-state index contributed by atoms with van der Waals surface area (Å²) in [6.45, 7) is 7.07. The van der Waals surface area contributed by atoms with Crippen LogP contribution >= 0.6 is 0 Å². The lowest BCUT2D eigenvalue weighted by Gasteiger charge is -2.30. The molecule has 5 nitrogen and oxygen atoms in total. The maximum Gasteiger partial charge on any atom is 0.242 e. The molecule has 2 amide bonds. The molecule has 0 spiro atoms. The molecule has 0 saturated heterocycles. The lowest BCUT2D eigenvalue weighted by atomic mass is 10.1. The maximum absolute atomic E-state index is 13.1. The molecule has 0 N–H and O–H groups in total. The number of carbonyl (C=O) groups excluding carboxylic acids is 2. The van der Waals surface area contributed by atoms with Crippen LogP contribution < -0.4 is 0 Å². The van der Waals surface area contributed by atoms with E-state index in [1.807, 2.05) is 44.2 Å². The van der Waals surface area contributed by atoms with Gasteiger partial charge in [-0.05, 0) is 44.4 Å². The third-order valence-corrected chi connectivity index (χ3v) is 4.79. The molecule has 1 aromatic carbocycles. The van der Waals surface area contributed by atoms with E-state index in [1.165, 1.54) is 5.56 Å². The van der Waals surface area contributed by atoms with Gasteiger partial charge in [0.25, 0.3) is 0 Å². The topological polar surface area (TPSA) is 53.8 Å². The Hall–Kier alpha value is -2.56. The van der Waals surface area contributed by atoms with Crippen LogP contribution in [0.1, 0.15) is 51.4 Å². The molecule has 0 fully saturated rings. The van der Waals surface area contributed by atoms with Crippen LogP contribution in [0.5, 0.6) is 0 Å². The van der Waals surface area contributed by atoms with Crippen molar-refractivity contribution in [3.63, 3.8) is 0 Å². The number of amides is 2. The Morgan fingerprint density at radius 2 is 1.79 bits per heavy atom. The van der Waals surface area contributed by atoms with Gasteiger partial charge in [0.05, 0.1) is 19.4 Å². The smallest absolute Gasteiger partial charge is 0.242 e. The number of nitrogens with zero attached hydrogens (tertiary/aromatic N) is 2. The Labute approximate surface area is 168 Å². The Balaban J connectivity index is 2.06. The first-order chi connectivity index (χ1) is 13.5. The summed E-state index contributed by atoms with van der Waals surface area (Å²) in [7, 11) is 0. The van der Waals surface area contributed by atoms with Crippen molar-refractivity contribution in [1.29, 1.82) is 0 Å². The van der Waals surface area contributed by atoms with E-state index in [4.69, 9.17) is 4.42 Å². The van der Waals surface area contributed by atoms with Gasteiger partial charge in [0.1, 0.15) is 5.76 Å². The van der Waals surface area contributed by atoms with E-state index in [0.717, 1.165) is 25.0 Å². The first kappa shape index (κ1) is 21.7. The number of benzene rings is 1. The molecule has 152 valence electrons. The van der Waals surface area contributed by atoms with Crippen LogP contribution in [0.3, 0.4) is 0 Å². The molecule has 0 atom stereocenters. The molecule has 0 aliphatic rings. The Bertz CT molecular complexity index is 711. The molecule has 0 saturated carbocycles. The normalized spacial score (nSPS) is 10.9. The molecule has 0 bridgehead atoms. The van der Waals surface area contributed by atoms with Gasteiger partial charge in [-0.1, -0.05) is 43.7 Å². The van der Waals surface area contributed by atoms with Crippen molar-refractivity contribution < 1.29 is 14.0 Å². The molecule has 0 unspecified atom stereocenters. The summed E-state index contributed by atoms with van der Waals surface area (Å²) in [5.41, 5.74) is 1.18. The minimum atomic E-state index is -0.0501. The molecule has 1 aromatic heterocycles. The summed E-state index contributed by atoms with van der Waals surface area (Å²) < 4.78 is 5.44. The molecule has 28 heavy (non-hydrogen) atoms. The van der Waals surface area contributed by atoms with Gasteiger partial charge in [-0.2, -0.15) is 0 Å². The maximum atomic E-state index is 13.1. The van der Waals surface area contributed by atoms with Crippen LogP contribution in [0.25, 0.3) is 0 Å². The van der Waals surface area contributed by atoms with E-state index in [0.29, 0.717) is 19.5 Å². The fourth-order valence-electron chi connectivity index (χ4n) is 3.07. The highest BCUT2D eigenvalue weighted by Gasteiger charge is 2.23. The summed E-state index contributed by atoms with van der Waals surface area (Å²) in [4.78, 5) is 29.1. The number of carbonyl (C=O) groups is 2. The van der Waals surface area contributed by atoms with E-state index < -0.39 is 0 Å². The van der Waals surface area contributed by atoms with Gasteiger partial charge >= 0.3 is 0 Å². The van der Waals surface area contributed by atoms with Crippen LogP contribution in [0.4, 0.5) is 0 Å². The number of hydrogen-bond acceptors (Lipinski definition) is 3. The highest BCUT2D eigenvalue weighted by molar-refractivity contribution is 5.85. The first-order valence-electron chi connectivity index (χ1n) is 10.1. The second-order valence-corrected chi connectivity index (χ2v) is 7.35. The van der Waals surface area contributed by atoms with Crippen molar-refractivity contribution in [2.75, 3.05) is 13.1 Å². The average molecular weight is 385 g/mol. The van der Waals surface area contributed by atoms with Crippen molar-refractivity contribution >= 4 is 11.8 Å². The molecule has 0 radical (unpaired) electrons. The Morgan fingerprint density at radius 1 is 1.04 bits per heavy atom. The lowest BCUT2D eigenvalue weighted by molar-refractivity contribution is -0.142. The largest absolute Gasteiger partial charge is 0.467 e. The molecule has 5 heteroatoms. The van der Waals surface area contributed by atoms with Crippen molar-refractivity contribution in [2.45, 2.75) is 59.0 Å². The standard InChI is InChI=1S/C23H32N2O3/c1-4-5-13-22(26)25(19(2)3)18-23(27)24(17-21-12-9-16-28-21)15-14-20-10-7-6-8-11-20/h6-12,16,19H,4-5,13-15,17-18H2,1-3H3. The molecular weight excluding hydrogens is 352 g/mol. The van der Waals surface area contributed by atoms with Crippen molar-refractivity contribution in [3.8, 4) is 0 Å². The summed E-state index contributed by atoms with van der Waals surface area (Å²) in [6, 6.07) is 13.8. The monoisotopic (exact) mass is 384 g/mol. The molecule has 0 aliphatic heterocycles. The van der Waals surface area contributed by atoms with Crippen LogP contribution in [-0.2, 0) is 22.6 Å². The third kappa shape index (κ3) is 6.87. The highest BCUT2D eigenvalue weighted by Crippen LogP contribution is 2.11. The molecule has 1 heterocycles. The van der Waals surface area contributed by atoms with Crippen molar-refractivity contribution in [2.24, 2.45) is 0 Å². The fourth-order valence-corrected chi connectivity index (χ4v) is 3.07. The summed E-state index contributed by atoms with van der Waals surface area (Å²) in [5.74, 6) is 0.743. The van der Waals surface area contributed by atoms with E-state index in [1.54, 1.807) is 16.1 Å². The second kappa shape index (κ2) is 11.3. The summed E-state index contributed by atoms with van der Waals surface area (Å²) >= 11 is 0. The predicted octanol–water partition coefficient (Wildman–Crippen LogP) is 4.28. The predicted molar refractivity (Wildman–Crippen MR) is 111 cm³/mol. The number of furan rings is 1. The molecule has 0 aliphatic carbocycles. The fraction of sp³-hybridized carbons (Fsp3) is 0.478. The number of rotatable bonds is 11. The minimum Gasteiger partial charge on any atom is -0.467 e. The average Bonchev–Trinajstić information content (AvgIpc) is 3.21. The highest BCUT2D eigenvalue weighted by atomic mass is 16.3. The summed E-state index contributed by atoms with van der Waals surface area (Å²) in [6.07, 6.45) is 4.68. The van der Waals surface area contributed by atoms with Crippen LogP contribution in [0.15, 0.2) is 53.1 Å². The SMILES string of the molecule is CCCCC(=O)N(CC(=O)N(CCc1ccccc1)Cc1ccco1)C(C)C. The molecule has 2 rings (SSSR count). The van der Waals surface area contributed by atoms with Crippen molar-refractivity contribution in [1.82, 2.24) is 9.80 Å².